The van der Waals surface area contributed by atoms with E-state index in [2.05, 4.69) is 5.32 Å². The Kier molecular flexibility index (Phi) is 3.79. The van der Waals surface area contributed by atoms with Crippen molar-refractivity contribution in [2.45, 2.75) is 31.4 Å². The summed E-state index contributed by atoms with van der Waals surface area (Å²) in [7, 11) is 0. The number of aliphatic hydroxyl groups is 1. The molecular weight excluding hydrogens is 229 g/mol. The highest BCUT2D eigenvalue weighted by atomic mass is 35.5. The van der Waals surface area contributed by atoms with E-state index in [9.17, 15) is 9.50 Å². The second-order valence-electron chi connectivity index (χ2n) is 4.22. The highest BCUT2D eigenvalue weighted by Crippen LogP contribution is 2.19. The van der Waals surface area contributed by atoms with Gasteiger partial charge in [-0.25, -0.2) is 4.39 Å². The first-order valence-electron chi connectivity index (χ1n) is 5.52. The van der Waals surface area contributed by atoms with Crippen LogP contribution in [0.2, 0.25) is 5.02 Å². The minimum absolute atomic E-state index is 0.115. The number of benzene rings is 1. The molecule has 4 heteroatoms. The summed E-state index contributed by atoms with van der Waals surface area (Å²) in [6.45, 7) is 0.964. The molecule has 1 aliphatic heterocycles. The Hall–Kier alpha value is -0.640. The molecule has 2 nitrogen and oxygen atoms in total. The van der Waals surface area contributed by atoms with Gasteiger partial charge in [0, 0.05) is 6.04 Å². The molecular formula is C12H15ClFNO. The van der Waals surface area contributed by atoms with Crippen molar-refractivity contribution in [1.82, 2.24) is 5.32 Å². The van der Waals surface area contributed by atoms with E-state index >= 15 is 0 Å². The van der Waals surface area contributed by atoms with Crippen LogP contribution in [0.1, 0.15) is 18.4 Å². The average molecular weight is 244 g/mol. The van der Waals surface area contributed by atoms with E-state index in [1.54, 1.807) is 12.1 Å². The summed E-state index contributed by atoms with van der Waals surface area (Å²) >= 11 is 5.68. The van der Waals surface area contributed by atoms with Crippen molar-refractivity contribution in [3.8, 4) is 0 Å². The van der Waals surface area contributed by atoms with Crippen molar-refractivity contribution in [3.05, 3.63) is 34.6 Å². The number of hydrogen-bond donors (Lipinski definition) is 2. The van der Waals surface area contributed by atoms with Crippen LogP contribution < -0.4 is 5.32 Å². The van der Waals surface area contributed by atoms with Crippen molar-refractivity contribution in [2.24, 2.45) is 0 Å². The second-order valence-corrected chi connectivity index (χ2v) is 4.63. The molecule has 2 atom stereocenters. The molecule has 0 radical (unpaired) electrons. The molecule has 0 amide bonds. The Morgan fingerprint density at radius 1 is 1.56 bits per heavy atom. The summed E-state index contributed by atoms with van der Waals surface area (Å²) in [4.78, 5) is 0. The highest BCUT2D eigenvalue weighted by Gasteiger charge is 2.22. The molecule has 1 heterocycles. The van der Waals surface area contributed by atoms with Gasteiger partial charge in [-0.05, 0) is 43.5 Å². The van der Waals surface area contributed by atoms with Crippen LogP contribution in [0.25, 0.3) is 0 Å². The lowest BCUT2D eigenvalue weighted by Crippen LogP contribution is -2.36. The summed E-state index contributed by atoms with van der Waals surface area (Å²) in [5.74, 6) is -0.418. The molecule has 0 bridgehead atoms. The van der Waals surface area contributed by atoms with E-state index in [1.165, 1.54) is 6.07 Å². The Bertz CT molecular complexity index is 366. The zero-order chi connectivity index (χ0) is 11.5. The van der Waals surface area contributed by atoms with Crippen LogP contribution in [0.4, 0.5) is 4.39 Å². The Balaban J connectivity index is 1.99. The van der Waals surface area contributed by atoms with Crippen molar-refractivity contribution in [2.75, 3.05) is 6.54 Å². The molecule has 2 rings (SSSR count). The van der Waals surface area contributed by atoms with E-state index in [-0.39, 0.29) is 11.1 Å². The smallest absolute Gasteiger partial charge is 0.141 e. The molecule has 16 heavy (non-hydrogen) atoms. The Morgan fingerprint density at radius 2 is 2.38 bits per heavy atom. The van der Waals surface area contributed by atoms with E-state index < -0.39 is 11.9 Å². The number of halogens is 2. The standard InChI is InChI=1S/C12H15ClFNO/c13-9-6-8(3-4-10(9)14)7-12(16)11-2-1-5-15-11/h3-4,6,11-12,15-16H,1-2,5,7H2. The fraction of sp³-hybridized carbons (Fsp3) is 0.500. The van der Waals surface area contributed by atoms with Gasteiger partial charge in [-0.3, -0.25) is 0 Å². The SMILES string of the molecule is OC(Cc1ccc(F)c(Cl)c1)C1CCCN1. The third-order valence-electron chi connectivity index (χ3n) is 2.99. The minimum atomic E-state index is -0.427. The van der Waals surface area contributed by atoms with Crippen LogP contribution in [-0.2, 0) is 6.42 Å². The molecule has 2 unspecified atom stereocenters. The van der Waals surface area contributed by atoms with Crippen molar-refractivity contribution in [1.29, 1.82) is 0 Å². The second kappa shape index (κ2) is 5.13. The lowest BCUT2D eigenvalue weighted by Gasteiger charge is -2.18. The summed E-state index contributed by atoms with van der Waals surface area (Å²) in [6, 6.07) is 4.74. The van der Waals surface area contributed by atoms with Crippen LogP contribution in [0, 0.1) is 5.82 Å². The normalized spacial score (nSPS) is 22.3. The average Bonchev–Trinajstić information content (AvgIpc) is 2.77. The van der Waals surface area contributed by atoms with Crippen molar-refractivity contribution in [3.63, 3.8) is 0 Å². The van der Waals surface area contributed by atoms with Gasteiger partial charge in [0.2, 0.25) is 0 Å². The van der Waals surface area contributed by atoms with Crippen LogP contribution >= 0.6 is 11.6 Å². The zero-order valence-corrected chi connectivity index (χ0v) is 9.67. The van der Waals surface area contributed by atoms with E-state index in [0.29, 0.717) is 6.42 Å². The van der Waals surface area contributed by atoms with Crippen molar-refractivity contribution >= 4 is 11.6 Å². The first-order chi connectivity index (χ1) is 7.66. The number of nitrogens with one attached hydrogen (secondary N) is 1. The maximum Gasteiger partial charge on any atom is 0.141 e. The van der Waals surface area contributed by atoms with Gasteiger partial charge < -0.3 is 10.4 Å². The molecule has 1 fully saturated rings. The lowest BCUT2D eigenvalue weighted by molar-refractivity contribution is 0.136. The zero-order valence-electron chi connectivity index (χ0n) is 8.92. The first kappa shape index (κ1) is 11.8. The van der Waals surface area contributed by atoms with E-state index in [4.69, 9.17) is 11.6 Å². The largest absolute Gasteiger partial charge is 0.391 e. The van der Waals surface area contributed by atoms with Gasteiger partial charge in [0.15, 0.2) is 0 Å². The maximum absolute atomic E-state index is 12.9. The monoisotopic (exact) mass is 243 g/mol. The molecule has 0 aliphatic carbocycles. The van der Waals surface area contributed by atoms with Crippen LogP contribution in [0.15, 0.2) is 18.2 Å². The number of rotatable bonds is 3. The number of hydrogen-bond acceptors (Lipinski definition) is 2. The predicted octanol–water partition coefficient (Wildman–Crippen LogP) is 2.13. The van der Waals surface area contributed by atoms with Gasteiger partial charge in [0.25, 0.3) is 0 Å². The molecule has 88 valence electrons. The summed E-state index contributed by atoms with van der Waals surface area (Å²) in [6.07, 6.45) is 2.18. The van der Waals surface area contributed by atoms with Gasteiger partial charge in [-0.15, -0.1) is 0 Å². The summed E-state index contributed by atoms with van der Waals surface area (Å²) in [5, 5.41) is 13.3. The Labute approximate surface area is 99.4 Å². The summed E-state index contributed by atoms with van der Waals surface area (Å²) in [5.41, 5.74) is 0.868. The van der Waals surface area contributed by atoms with Crippen molar-refractivity contribution < 1.29 is 9.50 Å². The molecule has 1 aliphatic rings. The van der Waals surface area contributed by atoms with Gasteiger partial charge in [0.1, 0.15) is 5.82 Å². The molecule has 2 N–H and O–H groups in total. The van der Waals surface area contributed by atoms with Gasteiger partial charge in [0.05, 0.1) is 11.1 Å². The topological polar surface area (TPSA) is 32.3 Å². The molecule has 0 saturated carbocycles. The van der Waals surface area contributed by atoms with Crippen LogP contribution in [-0.4, -0.2) is 23.8 Å². The predicted molar refractivity (Wildman–Crippen MR) is 62.1 cm³/mol. The molecule has 1 aromatic rings. The van der Waals surface area contributed by atoms with Gasteiger partial charge >= 0.3 is 0 Å². The minimum Gasteiger partial charge on any atom is -0.391 e. The molecule has 0 spiro atoms. The maximum atomic E-state index is 12.9. The lowest BCUT2D eigenvalue weighted by atomic mass is 10.0. The van der Waals surface area contributed by atoms with Gasteiger partial charge in [-0.2, -0.15) is 0 Å². The van der Waals surface area contributed by atoms with Gasteiger partial charge in [-0.1, -0.05) is 17.7 Å². The number of aliphatic hydroxyl groups excluding tert-OH is 1. The highest BCUT2D eigenvalue weighted by molar-refractivity contribution is 6.30. The fourth-order valence-corrected chi connectivity index (χ4v) is 2.29. The third kappa shape index (κ3) is 2.73. The van der Waals surface area contributed by atoms with Crippen LogP contribution in [0.5, 0.6) is 0 Å². The quantitative estimate of drug-likeness (QED) is 0.853. The molecule has 1 saturated heterocycles. The molecule has 1 aromatic carbocycles. The van der Waals surface area contributed by atoms with E-state index in [1.807, 2.05) is 0 Å². The van der Waals surface area contributed by atoms with Crippen LogP contribution in [0.3, 0.4) is 0 Å². The fourth-order valence-electron chi connectivity index (χ4n) is 2.09. The Morgan fingerprint density at radius 3 is 3.00 bits per heavy atom. The van der Waals surface area contributed by atoms with E-state index in [0.717, 1.165) is 24.9 Å². The first-order valence-corrected chi connectivity index (χ1v) is 5.90. The molecule has 0 aromatic heterocycles. The summed E-state index contributed by atoms with van der Waals surface area (Å²) < 4.78 is 12.9. The third-order valence-corrected chi connectivity index (χ3v) is 3.28.